The van der Waals surface area contributed by atoms with Gasteiger partial charge < -0.3 is 9.80 Å². The molecule has 0 bridgehead atoms. The van der Waals surface area contributed by atoms with E-state index in [4.69, 9.17) is 0 Å². The largest absolute Gasteiger partial charge is 0.353 e. The van der Waals surface area contributed by atoms with Crippen LogP contribution in [0.3, 0.4) is 0 Å². The van der Waals surface area contributed by atoms with Crippen molar-refractivity contribution in [3.05, 3.63) is 24.4 Å². The van der Waals surface area contributed by atoms with Crippen LogP contribution in [0, 0.1) is 0 Å². The van der Waals surface area contributed by atoms with Gasteiger partial charge >= 0.3 is 0 Å². The van der Waals surface area contributed by atoms with Crippen LogP contribution in [0.1, 0.15) is 19.3 Å². The van der Waals surface area contributed by atoms with Crippen LogP contribution >= 0.6 is 0 Å². The van der Waals surface area contributed by atoms with Crippen molar-refractivity contribution in [1.29, 1.82) is 0 Å². The number of hydrogen-bond acceptors (Lipinski definition) is 6. The van der Waals surface area contributed by atoms with E-state index in [0.717, 1.165) is 10.1 Å². The summed E-state index contributed by atoms with van der Waals surface area (Å²) in [7, 11) is -3.45. The Morgan fingerprint density at radius 3 is 2.32 bits per heavy atom. The number of amides is 2. The number of nitrogens with zero attached hydrogens (tertiary/aromatic N) is 4. The SMILES string of the molecule is O=C(CCC(=O)N1CCCS1(=O)=O)N1CCN(c2ccccn2)CC1. The second kappa shape index (κ2) is 7.38. The van der Waals surface area contributed by atoms with Crippen LogP contribution in [0.25, 0.3) is 0 Å². The molecule has 2 amide bonds. The Morgan fingerprint density at radius 2 is 1.72 bits per heavy atom. The molecule has 8 nitrogen and oxygen atoms in total. The lowest BCUT2D eigenvalue weighted by Gasteiger charge is -2.35. The zero-order valence-corrected chi connectivity index (χ0v) is 14.8. The predicted molar refractivity (Wildman–Crippen MR) is 92.4 cm³/mol. The quantitative estimate of drug-likeness (QED) is 0.749. The smallest absolute Gasteiger partial charge is 0.237 e. The van der Waals surface area contributed by atoms with E-state index in [1.807, 2.05) is 18.2 Å². The van der Waals surface area contributed by atoms with E-state index < -0.39 is 15.9 Å². The number of hydrogen-bond donors (Lipinski definition) is 0. The highest BCUT2D eigenvalue weighted by Gasteiger charge is 2.32. The van der Waals surface area contributed by atoms with Crippen molar-refractivity contribution in [2.24, 2.45) is 0 Å². The first-order chi connectivity index (χ1) is 12.0. The highest BCUT2D eigenvalue weighted by Crippen LogP contribution is 2.17. The maximum atomic E-state index is 12.3. The van der Waals surface area contributed by atoms with Crippen molar-refractivity contribution in [2.75, 3.05) is 43.4 Å². The number of sulfonamides is 1. The van der Waals surface area contributed by atoms with Gasteiger partial charge in [0.15, 0.2) is 0 Å². The fourth-order valence-corrected chi connectivity index (χ4v) is 4.67. The maximum absolute atomic E-state index is 12.3. The predicted octanol–water partition coefficient (Wildman–Crippen LogP) is 0.0725. The van der Waals surface area contributed by atoms with Gasteiger partial charge in [0.05, 0.1) is 5.75 Å². The standard InChI is InChI=1S/C16H22N4O4S/c21-15(5-6-16(22)20-8-3-13-25(20,23)24)19-11-9-18(10-12-19)14-4-1-2-7-17-14/h1-2,4,7H,3,5-6,8-13H2. The van der Waals surface area contributed by atoms with Gasteiger partial charge in [-0.1, -0.05) is 6.07 Å². The van der Waals surface area contributed by atoms with E-state index in [9.17, 15) is 18.0 Å². The first-order valence-corrected chi connectivity index (χ1v) is 10.1. The molecule has 136 valence electrons. The number of carbonyl (C=O) groups excluding carboxylic acids is 2. The van der Waals surface area contributed by atoms with Crippen LogP contribution in [-0.4, -0.2) is 72.9 Å². The minimum Gasteiger partial charge on any atom is -0.353 e. The topological polar surface area (TPSA) is 90.9 Å². The molecule has 1 aromatic rings. The minimum absolute atomic E-state index is 0.0160. The lowest BCUT2D eigenvalue weighted by molar-refractivity contribution is -0.135. The molecule has 2 aliphatic rings. The average Bonchev–Trinajstić information content (AvgIpc) is 2.99. The van der Waals surface area contributed by atoms with Crippen molar-refractivity contribution in [1.82, 2.24) is 14.2 Å². The summed E-state index contributed by atoms with van der Waals surface area (Å²) in [4.78, 5) is 32.5. The second-order valence-electron chi connectivity index (χ2n) is 6.19. The van der Waals surface area contributed by atoms with Gasteiger partial charge in [-0.3, -0.25) is 9.59 Å². The second-order valence-corrected chi connectivity index (χ2v) is 8.20. The van der Waals surface area contributed by atoms with Crippen LogP contribution in [0.5, 0.6) is 0 Å². The zero-order valence-electron chi connectivity index (χ0n) is 14.0. The highest BCUT2D eigenvalue weighted by atomic mass is 32.2. The summed E-state index contributed by atoms with van der Waals surface area (Å²) in [5.41, 5.74) is 0. The fourth-order valence-electron chi connectivity index (χ4n) is 3.14. The molecule has 2 fully saturated rings. The van der Waals surface area contributed by atoms with Crippen molar-refractivity contribution in [2.45, 2.75) is 19.3 Å². The van der Waals surface area contributed by atoms with E-state index in [1.54, 1.807) is 11.1 Å². The molecule has 0 N–H and O–H groups in total. The first-order valence-electron chi connectivity index (χ1n) is 8.44. The summed E-state index contributed by atoms with van der Waals surface area (Å²) in [6.07, 6.45) is 2.20. The Kier molecular flexibility index (Phi) is 5.22. The molecule has 2 saturated heterocycles. The summed E-state index contributed by atoms with van der Waals surface area (Å²) in [5.74, 6) is 0.329. The molecule has 0 aromatic carbocycles. The Morgan fingerprint density at radius 1 is 1.00 bits per heavy atom. The summed E-state index contributed by atoms with van der Waals surface area (Å²) in [6, 6.07) is 5.73. The molecule has 0 aliphatic carbocycles. The van der Waals surface area contributed by atoms with Gasteiger partial charge in [0.25, 0.3) is 0 Å². The number of aromatic nitrogens is 1. The number of piperazine rings is 1. The van der Waals surface area contributed by atoms with Crippen molar-refractivity contribution < 1.29 is 18.0 Å². The van der Waals surface area contributed by atoms with Gasteiger partial charge in [0.1, 0.15) is 5.82 Å². The normalized spacial score (nSPS) is 19.9. The van der Waals surface area contributed by atoms with Crippen molar-refractivity contribution >= 4 is 27.7 Å². The van der Waals surface area contributed by atoms with Gasteiger partial charge in [-0.25, -0.2) is 17.7 Å². The van der Waals surface area contributed by atoms with Gasteiger partial charge in [-0.05, 0) is 18.6 Å². The number of anilines is 1. The fraction of sp³-hybridized carbons (Fsp3) is 0.562. The molecular formula is C16H22N4O4S. The van der Waals surface area contributed by atoms with Crippen LogP contribution < -0.4 is 4.90 Å². The van der Waals surface area contributed by atoms with E-state index in [1.165, 1.54) is 0 Å². The lowest BCUT2D eigenvalue weighted by Crippen LogP contribution is -2.49. The van der Waals surface area contributed by atoms with Crippen LogP contribution in [0.15, 0.2) is 24.4 Å². The summed E-state index contributed by atoms with van der Waals surface area (Å²) < 4.78 is 24.4. The van der Waals surface area contributed by atoms with Crippen LogP contribution in [0.4, 0.5) is 5.82 Å². The van der Waals surface area contributed by atoms with Gasteiger partial charge in [0, 0.05) is 51.8 Å². The molecule has 3 heterocycles. The van der Waals surface area contributed by atoms with Gasteiger partial charge in [-0.15, -0.1) is 0 Å². The third-order valence-corrected chi connectivity index (χ3v) is 6.40. The third-order valence-electron chi connectivity index (χ3n) is 4.54. The van der Waals surface area contributed by atoms with Crippen molar-refractivity contribution in [3.63, 3.8) is 0 Å². The number of rotatable bonds is 4. The summed E-state index contributed by atoms with van der Waals surface area (Å²) >= 11 is 0. The van der Waals surface area contributed by atoms with E-state index in [-0.39, 0.29) is 31.0 Å². The molecule has 2 aliphatic heterocycles. The molecule has 0 radical (unpaired) electrons. The number of carbonyl (C=O) groups is 2. The van der Waals surface area contributed by atoms with Crippen LogP contribution in [-0.2, 0) is 19.6 Å². The van der Waals surface area contributed by atoms with E-state index >= 15 is 0 Å². The molecule has 25 heavy (non-hydrogen) atoms. The molecule has 9 heteroatoms. The molecule has 0 unspecified atom stereocenters. The Balaban J connectivity index is 1.46. The lowest BCUT2D eigenvalue weighted by atomic mass is 10.2. The Labute approximate surface area is 147 Å². The molecular weight excluding hydrogens is 344 g/mol. The molecule has 0 atom stereocenters. The molecule has 0 saturated carbocycles. The monoisotopic (exact) mass is 366 g/mol. The van der Waals surface area contributed by atoms with Gasteiger partial charge in [-0.2, -0.15) is 0 Å². The maximum Gasteiger partial charge on any atom is 0.237 e. The first kappa shape index (κ1) is 17.7. The summed E-state index contributed by atoms with van der Waals surface area (Å²) in [6.45, 7) is 2.77. The zero-order chi connectivity index (χ0) is 17.9. The average molecular weight is 366 g/mol. The number of pyridine rings is 1. The van der Waals surface area contributed by atoms with E-state index in [0.29, 0.717) is 32.6 Å². The van der Waals surface area contributed by atoms with E-state index in [2.05, 4.69) is 9.88 Å². The molecule has 1 aromatic heterocycles. The summed E-state index contributed by atoms with van der Waals surface area (Å²) in [5, 5.41) is 0. The minimum atomic E-state index is -3.45. The Hall–Kier alpha value is -2.16. The Bertz CT molecular complexity index is 730. The van der Waals surface area contributed by atoms with Gasteiger partial charge in [0.2, 0.25) is 21.8 Å². The van der Waals surface area contributed by atoms with Crippen LogP contribution in [0.2, 0.25) is 0 Å². The molecule has 0 spiro atoms. The third kappa shape index (κ3) is 4.09. The van der Waals surface area contributed by atoms with Crippen molar-refractivity contribution in [3.8, 4) is 0 Å². The molecule has 3 rings (SSSR count). The highest BCUT2D eigenvalue weighted by molar-refractivity contribution is 7.89.